The molecular formula is C15H26O. The molecule has 0 saturated heterocycles. The highest BCUT2D eigenvalue weighted by Crippen LogP contribution is 2.47. The van der Waals surface area contributed by atoms with Crippen molar-refractivity contribution >= 4 is 0 Å². The quantitative estimate of drug-likeness (QED) is 0.672. The Morgan fingerprint density at radius 3 is 2.62 bits per heavy atom. The van der Waals surface area contributed by atoms with Gasteiger partial charge in [-0.25, -0.2) is 0 Å². The van der Waals surface area contributed by atoms with Gasteiger partial charge in [0.15, 0.2) is 0 Å². The average molecular weight is 222 g/mol. The highest BCUT2D eigenvalue weighted by atomic mass is 16.3. The molecule has 5 atom stereocenters. The van der Waals surface area contributed by atoms with Gasteiger partial charge in [0.1, 0.15) is 0 Å². The number of fused-ring (bicyclic) bond motifs is 1. The summed E-state index contributed by atoms with van der Waals surface area (Å²) in [5.41, 5.74) is -0.477. The van der Waals surface area contributed by atoms with Gasteiger partial charge in [-0.2, -0.15) is 0 Å². The smallest absolute Gasteiger partial charge is 0.0685 e. The molecule has 0 spiro atoms. The first-order chi connectivity index (χ1) is 7.42. The third kappa shape index (κ3) is 2.07. The minimum Gasteiger partial charge on any atom is -0.390 e. The van der Waals surface area contributed by atoms with Crippen LogP contribution >= 0.6 is 0 Å². The maximum Gasteiger partial charge on any atom is 0.0685 e. The predicted molar refractivity (Wildman–Crippen MR) is 68.1 cm³/mol. The topological polar surface area (TPSA) is 20.2 Å². The lowest BCUT2D eigenvalue weighted by Gasteiger charge is -2.32. The van der Waals surface area contributed by atoms with E-state index in [0.717, 1.165) is 18.3 Å². The summed E-state index contributed by atoms with van der Waals surface area (Å²) >= 11 is 0. The molecule has 0 aromatic carbocycles. The van der Waals surface area contributed by atoms with Gasteiger partial charge in [0.05, 0.1) is 5.60 Å². The van der Waals surface area contributed by atoms with Crippen LogP contribution in [0.1, 0.15) is 47.0 Å². The molecule has 0 radical (unpaired) electrons. The van der Waals surface area contributed by atoms with Crippen molar-refractivity contribution in [2.75, 3.05) is 0 Å². The monoisotopic (exact) mass is 222 g/mol. The lowest BCUT2D eigenvalue weighted by atomic mass is 9.76. The molecule has 0 unspecified atom stereocenters. The summed E-state index contributed by atoms with van der Waals surface area (Å²) in [5.74, 6) is 3.26. The molecule has 16 heavy (non-hydrogen) atoms. The zero-order chi connectivity index (χ0) is 11.9. The van der Waals surface area contributed by atoms with E-state index in [9.17, 15) is 5.11 Å². The van der Waals surface area contributed by atoms with Crippen LogP contribution in [0.25, 0.3) is 0 Å². The van der Waals surface area contributed by atoms with E-state index in [1.165, 1.54) is 12.8 Å². The van der Waals surface area contributed by atoms with Crippen LogP contribution < -0.4 is 0 Å². The molecule has 0 aromatic heterocycles. The van der Waals surface area contributed by atoms with Gasteiger partial charge in [0.2, 0.25) is 0 Å². The fourth-order valence-electron chi connectivity index (χ4n) is 3.65. The number of allylic oxidation sites excluding steroid dienone is 1. The Labute approximate surface area is 99.9 Å². The van der Waals surface area contributed by atoms with Gasteiger partial charge < -0.3 is 5.11 Å². The van der Waals surface area contributed by atoms with Crippen molar-refractivity contribution in [3.8, 4) is 0 Å². The van der Waals surface area contributed by atoms with Crippen LogP contribution in [-0.2, 0) is 0 Å². The summed E-state index contributed by atoms with van der Waals surface area (Å²) in [4.78, 5) is 0. The van der Waals surface area contributed by atoms with Gasteiger partial charge in [0, 0.05) is 5.92 Å². The SMILES string of the molecule is CC(C)[C@@H]1CC[C@](C)(O)[C@@H]2C=C[C@H](C)[C@H]2C1. The van der Waals surface area contributed by atoms with E-state index in [4.69, 9.17) is 0 Å². The van der Waals surface area contributed by atoms with E-state index >= 15 is 0 Å². The molecule has 0 aliphatic heterocycles. The van der Waals surface area contributed by atoms with Crippen LogP contribution in [0.2, 0.25) is 0 Å². The lowest BCUT2D eigenvalue weighted by Crippen LogP contribution is -2.36. The Kier molecular flexibility index (Phi) is 3.18. The van der Waals surface area contributed by atoms with Crippen molar-refractivity contribution in [1.82, 2.24) is 0 Å². The summed E-state index contributed by atoms with van der Waals surface area (Å²) in [6, 6.07) is 0. The van der Waals surface area contributed by atoms with E-state index < -0.39 is 5.60 Å². The van der Waals surface area contributed by atoms with Gasteiger partial charge in [-0.15, -0.1) is 0 Å². The number of hydrogen-bond donors (Lipinski definition) is 1. The van der Waals surface area contributed by atoms with Gasteiger partial charge >= 0.3 is 0 Å². The van der Waals surface area contributed by atoms with Crippen LogP contribution in [-0.4, -0.2) is 10.7 Å². The zero-order valence-corrected chi connectivity index (χ0v) is 11.1. The predicted octanol–water partition coefficient (Wildman–Crippen LogP) is 3.63. The average Bonchev–Trinajstić information content (AvgIpc) is 2.47. The molecule has 2 aliphatic carbocycles. The minimum atomic E-state index is -0.477. The maximum absolute atomic E-state index is 10.6. The van der Waals surface area contributed by atoms with Crippen molar-refractivity contribution in [3.63, 3.8) is 0 Å². The molecule has 0 amide bonds. The number of hydrogen-bond acceptors (Lipinski definition) is 1. The van der Waals surface area contributed by atoms with Crippen molar-refractivity contribution in [1.29, 1.82) is 0 Å². The molecule has 2 aliphatic rings. The lowest BCUT2D eigenvalue weighted by molar-refractivity contribution is -0.00615. The first-order valence-corrected chi connectivity index (χ1v) is 6.82. The van der Waals surface area contributed by atoms with Gasteiger partial charge in [-0.3, -0.25) is 0 Å². The molecular weight excluding hydrogens is 196 g/mol. The van der Waals surface area contributed by atoms with Crippen LogP contribution in [0.4, 0.5) is 0 Å². The summed E-state index contributed by atoms with van der Waals surface area (Å²) in [5, 5.41) is 10.6. The molecule has 0 aromatic rings. The highest BCUT2D eigenvalue weighted by molar-refractivity contribution is 5.12. The van der Waals surface area contributed by atoms with E-state index in [-0.39, 0.29) is 0 Å². The third-order valence-electron chi connectivity index (χ3n) is 5.02. The molecule has 92 valence electrons. The summed E-state index contributed by atoms with van der Waals surface area (Å²) in [6.07, 6.45) is 8.05. The van der Waals surface area contributed by atoms with E-state index in [1.54, 1.807) is 0 Å². The molecule has 1 heteroatoms. The van der Waals surface area contributed by atoms with Crippen molar-refractivity contribution < 1.29 is 5.11 Å². The second-order valence-corrected chi connectivity index (χ2v) is 6.57. The molecule has 2 rings (SSSR count). The molecule has 0 heterocycles. The summed E-state index contributed by atoms with van der Waals surface area (Å²) < 4.78 is 0. The standard InChI is InChI=1S/C15H26O/c1-10(2)12-7-8-15(4,16)14-6-5-11(3)13(14)9-12/h5-6,10-14,16H,7-9H2,1-4H3/t11-,12+,13+,14+,15-/m0/s1. The van der Waals surface area contributed by atoms with Gasteiger partial charge in [0.25, 0.3) is 0 Å². The Bertz CT molecular complexity index is 277. The van der Waals surface area contributed by atoms with Crippen LogP contribution in [0, 0.1) is 29.6 Å². The summed E-state index contributed by atoms with van der Waals surface area (Å²) in [6.45, 7) is 9.00. The molecule has 1 N–H and O–H groups in total. The van der Waals surface area contributed by atoms with E-state index in [0.29, 0.717) is 17.8 Å². The zero-order valence-electron chi connectivity index (χ0n) is 11.1. The maximum atomic E-state index is 10.6. The van der Waals surface area contributed by atoms with Crippen LogP contribution in [0.15, 0.2) is 12.2 Å². The highest BCUT2D eigenvalue weighted by Gasteiger charge is 2.44. The number of aliphatic hydroxyl groups is 1. The Morgan fingerprint density at radius 1 is 1.31 bits per heavy atom. The fourth-order valence-corrected chi connectivity index (χ4v) is 3.65. The second-order valence-electron chi connectivity index (χ2n) is 6.57. The normalized spacial score (nSPS) is 48.1. The summed E-state index contributed by atoms with van der Waals surface area (Å²) in [7, 11) is 0. The van der Waals surface area contributed by atoms with E-state index in [1.807, 2.05) is 6.92 Å². The van der Waals surface area contributed by atoms with Crippen molar-refractivity contribution in [2.24, 2.45) is 29.6 Å². The fraction of sp³-hybridized carbons (Fsp3) is 0.867. The van der Waals surface area contributed by atoms with Crippen LogP contribution in [0.3, 0.4) is 0 Å². The van der Waals surface area contributed by atoms with E-state index in [2.05, 4.69) is 32.9 Å². The Morgan fingerprint density at radius 2 is 2.00 bits per heavy atom. The van der Waals surface area contributed by atoms with Crippen molar-refractivity contribution in [3.05, 3.63) is 12.2 Å². The molecule has 1 saturated carbocycles. The first kappa shape index (κ1) is 12.2. The third-order valence-corrected chi connectivity index (χ3v) is 5.02. The molecule has 1 nitrogen and oxygen atoms in total. The van der Waals surface area contributed by atoms with Crippen LogP contribution in [0.5, 0.6) is 0 Å². The molecule has 0 bridgehead atoms. The minimum absolute atomic E-state index is 0.395. The second kappa shape index (κ2) is 4.18. The van der Waals surface area contributed by atoms with Gasteiger partial charge in [-0.05, 0) is 49.9 Å². The largest absolute Gasteiger partial charge is 0.390 e. The Hall–Kier alpha value is -0.300. The van der Waals surface area contributed by atoms with Crippen molar-refractivity contribution in [2.45, 2.75) is 52.6 Å². The van der Waals surface area contributed by atoms with Gasteiger partial charge in [-0.1, -0.05) is 32.9 Å². The molecule has 1 fully saturated rings. The number of rotatable bonds is 1. The Balaban J connectivity index is 2.21. The first-order valence-electron chi connectivity index (χ1n) is 6.82.